The molecule has 3 unspecified atom stereocenters. The Morgan fingerprint density at radius 2 is 2.16 bits per heavy atom. The second-order valence-corrected chi connectivity index (χ2v) is 13.6. The fraction of sp³-hybridized carbons (Fsp3) is 0.652. The third-order valence-corrected chi connectivity index (χ3v) is 9.01. The Hall–Kier alpha value is -2.98. The number of aliphatic hydroxyl groups excluding tert-OH is 1. The number of ether oxygens (including phenoxy) is 2. The smallest absolute Gasteiger partial charge is 0.463 e. The van der Waals surface area contributed by atoms with Crippen LogP contribution in [0.25, 0.3) is 5.65 Å². The number of phosphoric ester groups is 1. The molecule has 236 valence electrons. The number of aromatic nitrogens is 4. The van der Waals surface area contributed by atoms with Crippen LogP contribution in [0.4, 0.5) is 10.3 Å². The molecular formula is C23H30BrFN7O10P. The Bertz CT molecular complexity index is 1560. The van der Waals surface area contributed by atoms with Gasteiger partial charge in [-0.05, 0) is 29.8 Å². The van der Waals surface area contributed by atoms with Crippen LogP contribution in [0.2, 0.25) is 0 Å². The Kier molecular flexibility index (Phi) is 9.07. The molecule has 43 heavy (non-hydrogen) atoms. The number of phosphoric acid groups is 1. The van der Waals surface area contributed by atoms with Crippen molar-refractivity contribution >= 4 is 47.2 Å². The summed E-state index contributed by atoms with van der Waals surface area (Å²) in [5.74, 6) is -1.59. The summed E-state index contributed by atoms with van der Waals surface area (Å²) >= 11 is 2.72. The number of alkyl halides is 2. The number of fused-ring (bicyclic) bond motifs is 1. The fourth-order valence-electron chi connectivity index (χ4n) is 4.43. The zero-order chi connectivity index (χ0) is 32.0. The summed E-state index contributed by atoms with van der Waals surface area (Å²) in [6.45, 7) is 5.42. The molecular weight excluding hydrogens is 664 g/mol. The largest absolute Gasteiger partial charge is 0.475 e. The van der Waals surface area contributed by atoms with Crippen LogP contribution in [0, 0.1) is 16.7 Å². The number of carbonyl (C=O) groups excluding carboxylic acids is 2. The second-order valence-electron chi connectivity index (χ2n) is 10.8. The topological polar surface area (TPSA) is 242 Å². The maximum atomic E-state index is 16.1. The van der Waals surface area contributed by atoms with E-state index in [-0.39, 0.29) is 37.3 Å². The van der Waals surface area contributed by atoms with Crippen molar-refractivity contribution in [3.63, 3.8) is 0 Å². The van der Waals surface area contributed by atoms with E-state index in [1.54, 1.807) is 33.8 Å². The van der Waals surface area contributed by atoms with E-state index in [1.807, 2.05) is 0 Å². The minimum atomic E-state index is -4.51. The molecule has 0 saturated carbocycles. The van der Waals surface area contributed by atoms with Gasteiger partial charge >= 0.3 is 13.8 Å². The average molecular weight is 694 g/mol. The predicted molar refractivity (Wildman–Crippen MR) is 146 cm³/mol. The minimum Gasteiger partial charge on any atom is -0.463 e. The number of nitrogens with zero attached hydrogens (tertiary/aromatic N) is 4. The van der Waals surface area contributed by atoms with Gasteiger partial charge in [-0.1, -0.05) is 13.8 Å². The number of halogens is 2. The fourth-order valence-corrected chi connectivity index (χ4v) is 6.77. The van der Waals surface area contributed by atoms with Crippen molar-refractivity contribution in [2.24, 2.45) is 5.41 Å². The van der Waals surface area contributed by atoms with Gasteiger partial charge in [0.15, 0.2) is 6.10 Å². The van der Waals surface area contributed by atoms with Crippen molar-refractivity contribution in [3.05, 3.63) is 22.2 Å². The van der Waals surface area contributed by atoms with E-state index in [2.05, 4.69) is 36.3 Å². The number of hydrogen-bond donors (Lipinski definition) is 4. The van der Waals surface area contributed by atoms with Crippen molar-refractivity contribution in [1.82, 2.24) is 24.9 Å². The van der Waals surface area contributed by atoms with Crippen LogP contribution in [0.3, 0.4) is 0 Å². The molecule has 1 amide bonds. The summed E-state index contributed by atoms with van der Waals surface area (Å²) < 4.78 is 54.0. The molecule has 6 atom stereocenters. The number of nitrogens with two attached hydrogens (primary N) is 1. The number of amides is 1. The van der Waals surface area contributed by atoms with Crippen LogP contribution < -0.4 is 16.6 Å². The highest BCUT2D eigenvalue weighted by atomic mass is 79.9. The molecule has 2 aromatic rings. The molecule has 4 heterocycles. The zero-order valence-corrected chi connectivity index (χ0v) is 25.9. The second kappa shape index (κ2) is 11.8. The van der Waals surface area contributed by atoms with E-state index >= 15 is 4.39 Å². The van der Waals surface area contributed by atoms with Gasteiger partial charge in [0, 0.05) is 12.0 Å². The highest BCUT2D eigenvalue weighted by Gasteiger charge is 2.69. The summed E-state index contributed by atoms with van der Waals surface area (Å²) in [7, 11) is -4.51. The molecule has 0 aliphatic carbocycles. The highest BCUT2D eigenvalue weighted by Crippen LogP contribution is 2.59. The first-order valence-corrected chi connectivity index (χ1v) is 15.2. The van der Waals surface area contributed by atoms with Gasteiger partial charge in [-0.25, -0.2) is 18.5 Å². The number of rotatable bonds is 9. The van der Waals surface area contributed by atoms with Crippen LogP contribution >= 0.6 is 23.8 Å². The average Bonchev–Trinajstić information content (AvgIpc) is 3.41. The molecule has 20 heteroatoms. The molecule has 4 rings (SSSR count). The van der Waals surface area contributed by atoms with Crippen molar-refractivity contribution < 1.29 is 46.7 Å². The number of esters is 1. The van der Waals surface area contributed by atoms with Crippen molar-refractivity contribution in [3.8, 4) is 6.07 Å². The Balaban J connectivity index is 1.49. The summed E-state index contributed by atoms with van der Waals surface area (Å²) in [6, 6.07) is 1.65. The Morgan fingerprint density at radius 1 is 1.47 bits per heavy atom. The lowest BCUT2D eigenvalue weighted by Gasteiger charge is -2.39. The number of nitriles is 1. The van der Waals surface area contributed by atoms with Crippen LogP contribution in [-0.2, 0) is 42.8 Å². The van der Waals surface area contributed by atoms with Gasteiger partial charge in [-0.3, -0.25) is 32.9 Å². The van der Waals surface area contributed by atoms with Gasteiger partial charge in [-0.15, -0.1) is 5.10 Å². The molecule has 2 aromatic heterocycles. The molecule has 2 fully saturated rings. The number of imidazole rings is 1. The lowest BCUT2D eigenvalue weighted by atomic mass is 9.87. The van der Waals surface area contributed by atoms with Crippen molar-refractivity contribution in [1.29, 1.82) is 5.26 Å². The van der Waals surface area contributed by atoms with Crippen molar-refractivity contribution in [2.75, 3.05) is 25.5 Å². The van der Waals surface area contributed by atoms with E-state index in [0.29, 0.717) is 0 Å². The molecule has 2 saturated heterocycles. The number of hydrogen-bond acceptors (Lipinski definition) is 14. The third-order valence-electron chi connectivity index (χ3n) is 6.60. The quantitative estimate of drug-likeness (QED) is 0.159. The standard InChI is InChI=1S/C23H30BrFN7O10P/c1-11(2)40-14(33)5-6-28-18(35)16-21(3,4)10-39-43(37,42-16)38-8-12-15(34)23(24,25)22(9-26,41-12)13-7-29-17-19(36)30-20(27)31-32(13)17/h7,11-12,15-16,34H,5-6,8,10H2,1-4H3,(H,28,35)(H3,27,30,31,36)/t12-,15?,16+,22+,23?,43?/m1/s1. The van der Waals surface area contributed by atoms with Gasteiger partial charge in [0.1, 0.15) is 24.0 Å². The molecule has 0 spiro atoms. The number of H-pyrrole nitrogens is 1. The molecule has 2 aliphatic rings. The molecule has 0 aromatic carbocycles. The number of aromatic amines is 1. The van der Waals surface area contributed by atoms with Gasteiger partial charge in [0.05, 0.1) is 31.9 Å². The molecule has 0 bridgehead atoms. The number of carbonyl (C=O) groups is 2. The van der Waals surface area contributed by atoms with Gasteiger partial charge in [0.2, 0.25) is 27.7 Å². The van der Waals surface area contributed by atoms with Gasteiger partial charge in [0.25, 0.3) is 5.56 Å². The third kappa shape index (κ3) is 6.18. The first-order valence-electron chi connectivity index (χ1n) is 12.9. The SMILES string of the molecule is CC(C)OC(=O)CCNC(=O)[C@@H]1OP(=O)(OC[C@H]2O[C@@](C#N)(c3cnc4c(=O)[nH]c(N)nn34)C(F)(Br)C2O)OCC1(C)C. The minimum absolute atomic E-state index is 0.0792. The lowest BCUT2D eigenvalue weighted by Crippen LogP contribution is -2.50. The summed E-state index contributed by atoms with van der Waals surface area (Å²) in [5, 5.41) is 27.2. The first kappa shape index (κ1) is 32.9. The molecule has 5 N–H and O–H groups in total. The van der Waals surface area contributed by atoms with Crippen LogP contribution in [0.1, 0.15) is 39.8 Å². The Morgan fingerprint density at radius 3 is 2.81 bits per heavy atom. The number of nitrogens with one attached hydrogen (secondary N) is 2. The maximum Gasteiger partial charge on any atom is 0.475 e. The highest BCUT2D eigenvalue weighted by molar-refractivity contribution is 9.10. The van der Waals surface area contributed by atoms with E-state index in [1.165, 1.54) is 0 Å². The van der Waals surface area contributed by atoms with Crippen LogP contribution in [0.15, 0.2) is 11.0 Å². The van der Waals surface area contributed by atoms with E-state index in [4.69, 9.17) is 28.8 Å². The van der Waals surface area contributed by atoms with E-state index in [9.17, 15) is 29.3 Å². The van der Waals surface area contributed by atoms with Crippen molar-refractivity contribution in [2.45, 2.75) is 68.7 Å². The summed E-state index contributed by atoms with van der Waals surface area (Å²) in [5.41, 5.74) is 0.433. The molecule has 17 nitrogen and oxygen atoms in total. The molecule has 2 aliphatic heterocycles. The predicted octanol–water partition coefficient (Wildman–Crippen LogP) is 0.563. The Labute approximate surface area is 251 Å². The zero-order valence-electron chi connectivity index (χ0n) is 23.4. The maximum absolute atomic E-state index is 16.1. The number of aliphatic hydroxyl groups is 1. The lowest BCUT2D eigenvalue weighted by molar-refractivity contribution is -0.147. The van der Waals surface area contributed by atoms with Gasteiger partial charge in [-0.2, -0.15) is 5.26 Å². The first-order chi connectivity index (χ1) is 20.0. The molecule has 0 radical (unpaired) electrons. The van der Waals surface area contributed by atoms with Crippen LogP contribution in [-0.4, -0.2) is 85.3 Å². The normalized spacial score (nSPS) is 32.0. The number of nitrogen functional groups attached to an aromatic ring is 1. The van der Waals surface area contributed by atoms with E-state index < -0.39 is 71.5 Å². The van der Waals surface area contributed by atoms with Crippen LogP contribution in [0.5, 0.6) is 0 Å². The number of anilines is 1. The van der Waals surface area contributed by atoms with Gasteiger partial charge < -0.3 is 25.6 Å². The van der Waals surface area contributed by atoms with E-state index in [0.717, 1.165) is 10.7 Å². The summed E-state index contributed by atoms with van der Waals surface area (Å²) in [4.78, 5) is 42.9. The monoisotopic (exact) mass is 693 g/mol. The summed E-state index contributed by atoms with van der Waals surface area (Å²) in [6.07, 6.45) is -4.62.